The summed E-state index contributed by atoms with van der Waals surface area (Å²) < 4.78 is 6.71. The van der Waals surface area contributed by atoms with Crippen LogP contribution in [0.5, 0.6) is 5.75 Å². The largest absolute Gasteiger partial charge is 0.493 e. The molecule has 1 aromatic rings. The van der Waals surface area contributed by atoms with Crippen molar-refractivity contribution in [1.29, 1.82) is 0 Å². The number of hydrogen-bond acceptors (Lipinski definition) is 2. The van der Waals surface area contributed by atoms with Gasteiger partial charge in [0.1, 0.15) is 11.5 Å². The number of ether oxygens (including phenoxy) is 1. The van der Waals surface area contributed by atoms with E-state index in [0.717, 1.165) is 35.2 Å². The van der Waals surface area contributed by atoms with Crippen molar-refractivity contribution in [3.63, 3.8) is 0 Å². The molecular formula is C15H17BrO2. The minimum Gasteiger partial charge on any atom is -0.493 e. The van der Waals surface area contributed by atoms with E-state index in [1.54, 1.807) is 0 Å². The van der Waals surface area contributed by atoms with Crippen LogP contribution in [0.15, 0.2) is 16.6 Å². The molecule has 0 bridgehead atoms. The molecule has 1 atom stereocenters. The molecule has 0 radical (unpaired) electrons. The van der Waals surface area contributed by atoms with Crippen LogP contribution >= 0.6 is 15.9 Å². The smallest absolute Gasteiger partial charge is 0.141 e. The molecule has 1 aliphatic heterocycles. The zero-order chi connectivity index (χ0) is 12.9. The van der Waals surface area contributed by atoms with Crippen LogP contribution in [0, 0.1) is 11.3 Å². The predicted octanol–water partition coefficient (Wildman–Crippen LogP) is 3.54. The Morgan fingerprint density at radius 2 is 2.22 bits per heavy atom. The number of Topliss-reactive ketones (excluding diaryl/α,β-unsaturated/α-hetero) is 1. The molecule has 0 aromatic heterocycles. The van der Waals surface area contributed by atoms with Crippen LogP contribution in [0.3, 0.4) is 0 Å². The highest BCUT2D eigenvalue weighted by atomic mass is 79.9. The van der Waals surface area contributed by atoms with Crippen molar-refractivity contribution in [2.24, 2.45) is 11.3 Å². The number of ketones is 1. The van der Waals surface area contributed by atoms with E-state index in [0.29, 0.717) is 12.2 Å². The van der Waals surface area contributed by atoms with Crippen LogP contribution in [0.4, 0.5) is 0 Å². The van der Waals surface area contributed by atoms with Crippen LogP contribution in [0.25, 0.3) is 0 Å². The van der Waals surface area contributed by atoms with E-state index in [2.05, 4.69) is 35.8 Å². The fourth-order valence-electron chi connectivity index (χ4n) is 2.81. The number of fused-ring (bicyclic) bond motifs is 1. The molecule has 1 heterocycles. The van der Waals surface area contributed by atoms with E-state index in [1.807, 2.05) is 6.07 Å². The monoisotopic (exact) mass is 308 g/mol. The van der Waals surface area contributed by atoms with Gasteiger partial charge in [0.2, 0.25) is 0 Å². The number of rotatable bonds is 3. The second kappa shape index (κ2) is 4.09. The maximum Gasteiger partial charge on any atom is 0.141 e. The first-order chi connectivity index (χ1) is 8.47. The second-order valence-electron chi connectivity index (χ2n) is 6.04. The molecule has 0 spiro atoms. The molecule has 0 saturated heterocycles. The van der Waals surface area contributed by atoms with Gasteiger partial charge in [0.25, 0.3) is 0 Å². The summed E-state index contributed by atoms with van der Waals surface area (Å²) >= 11 is 3.51. The third-order valence-electron chi connectivity index (χ3n) is 4.09. The maximum atomic E-state index is 12.2. The molecule has 1 aliphatic carbocycles. The number of benzene rings is 1. The molecule has 1 fully saturated rings. The summed E-state index contributed by atoms with van der Waals surface area (Å²) in [7, 11) is 0. The summed E-state index contributed by atoms with van der Waals surface area (Å²) in [5, 5.41) is 0. The lowest BCUT2D eigenvalue weighted by molar-refractivity contribution is -0.120. The summed E-state index contributed by atoms with van der Waals surface area (Å²) in [6, 6.07) is 4.12. The summed E-state index contributed by atoms with van der Waals surface area (Å²) in [6.45, 7) is 5.07. The molecule has 3 heteroatoms. The van der Waals surface area contributed by atoms with Gasteiger partial charge in [-0.1, -0.05) is 29.8 Å². The van der Waals surface area contributed by atoms with Crippen molar-refractivity contribution >= 4 is 21.7 Å². The molecule has 1 aromatic carbocycles. The number of hydrogen-bond donors (Lipinski definition) is 0. The van der Waals surface area contributed by atoms with Gasteiger partial charge in [-0.15, -0.1) is 0 Å². The third-order valence-corrected chi connectivity index (χ3v) is 4.55. The molecule has 2 aliphatic rings. The lowest BCUT2D eigenvalue weighted by Gasteiger charge is -2.09. The molecule has 18 heavy (non-hydrogen) atoms. The van der Waals surface area contributed by atoms with Crippen molar-refractivity contribution in [1.82, 2.24) is 0 Å². The van der Waals surface area contributed by atoms with Crippen LogP contribution in [0.1, 0.15) is 31.4 Å². The minimum atomic E-state index is 0.215. The lowest BCUT2D eigenvalue weighted by atomic mass is 9.99. The Hall–Kier alpha value is -0.830. The first kappa shape index (κ1) is 12.2. The first-order valence-corrected chi connectivity index (χ1v) is 7.23. The van der Waals surface area contributed by atoms with Gasteiger partial charge in [-0.25, -0.2) is 0 Å². The molecular weight excluding hydrogens is 292 g/mol. The van der Waals surface area contributed by atoms with Crippen molar-refractivity contribution in [3.8, 4) is 5.75 Å². The van der Waals surface area contributed by atoms with Crippen molar-refractivity contribution in [3.05, 3.63) is 27.7 Å². The van der Waals surface area contributed by atoms with Crippen LogP contribution in [-0.4, -0.2) is 12.4 Å². The predicted molar refractivity (Wildman–Crippen MR) is 73.9 cm³/mol. The fraction of sp³-hybridized carbons (Fsp3) is 0.533. The number of carbonyl (C=O) groups is 1. The number of carbonyl (C=O) groups excluding carboxylic acids is 1. The van der Waals surface area contributed by atoms with Gasteiger partial charge >= 0.3 is 0 Å². The van der Waals surface area contributed by atoms with Gasteiger partial charge in [-0.2, -0.15) is 0 Å². The zero-order valence-electron chi connectivity index (χ0n) is 10.8. The Morgan fingerprint density at radius 3 is 2.89 bits per heavy atom. The highest BCUT2D eigenvalue weighted by Crippen LogP contribution is 2.52. The van der Waals surface area contributed by atoms with Gasteiger partial charge in [-0.3, -0.25) is 4.79 Å². The van der Waals surface area contributed by atoms with Gasteiger partial charge in [-0.05, 0) is 29.5 Å². The van der Waals surface area contributed by atoms with Gasteiger partial charge in [0.05, 0.1) is 6.61 Å². The van der Waals surface area contributed by atoms with E-state index < -0.39 is 0 Å². The van der Waals surface area contributed by atoms with Crippen LogP contribution in [-0.2, 0) is 17.6 Å². The quantitative estimate of drug-likeness (QED) is 0.853. The second-order valence-corrected chi connectivity index (χ2v) is 6.96. The Morgan fingerprint density at radius 1 is 1.50 bits per heavy atom. The van der Waals surface area contributed by atoms with Crippen LogP contribution < -0.4 is 4.74 Å². The summed E-state index contributed by atoms with van der Waals surface area (Å²) in [6.07, 6.45) is 2.49. The standard InChI is InChI=1S/C15H17BrO2/c1-15(2)8-12(15)13(17)7-10-6-11(16)5-9-3-4-18-14(9)10/h5-6,12H,3-4,7-8H2,1-2H3. The molecule has 0 N–H and O–H groups in total. The SMILES string of the molecule is CC1(C)CC1C(=O)Cc1cc(Br)cc2c1OCC2. The van der Waals surface area contributed by atoms with E-state index in [1.165, 1.54) is 5.56 Å². The topological polar surface area (TPSA) is 26.3 Å². The fourth-order valence-corrected chi connectivity index (χ4v) is 3.36. The van der Waals surface area contributed by atoms with E-state index in [9.17, 15) is 4.79 Å². The average molecular weight is 309 g/mol. The number of halogens is 1. The van der Waals surface area contributed by atoms with E-state index in [-0.39, 0.29) is 11.3 Å². The van der Waals surface area contributed by atoms with E-state index in [4.69, 9.17) is 4.74 Å². The molecule has 1 saturated carbocycles. The molecule has 0 amide bonds. The lowest BCUT2D eigenvalue weighted by Crippen LogP contribution is -2.10. The molecule has 96 valence electrons. The summed E-state index contributed by atoms with van der Waals surface area (Å²) in [5.74, 6) is 1.55. The Balaban J connectivity index is 1.83. The van der Waals surface area contributed by atoms with Crippen molar-refractivity contribution < 1.29 is 9.53 Å². The normalized spacial score (nSPS) is 23.4. The highest BCUT2D eigenvalue weighted by Gasteiger charge is 2.49. The molecule has 2 nitrogen and oxygen atoms in total. The first-order valence-electron chi connectivity index (χ1n) is 6.44. The van der Waals surface area contributed by atoms with Gasteiger partial charge in [0.15, 0.2) is 0 Å². The van der Waals surface area contributed by atoms with Gasteiger partial charge in [0, 0.05) is 28.8 Å². The van der Waals surface area contributed by atoms with Gasteiger partial charge < -0.3 is 4.74 Å². The average Bonchev–Trinajstić information content (AvgIpc) is 2.73. The third kappa shape index (κ3) is 2.09. The minimum absolute atomic E-state index is 0.215. The highest BCUT2D eigenvalue weighted by molar-refractivity contribution is 9.10. The Bertz CT molecular complexity index is 519. The Labute approximate surface area is 116 Å². The summed E-state index contributed by atoms with van der Waals surface area (Å²) in [4.78, 5) is 12.2. The molecule has 1 unspecified atom stereocenters. The van der Waals surface area contributed by atoms with Crippen molar-refractivity contribution in [2.45, 2.75) is 33.1 Å². The van der Waals surface area contributed by atoms with E-state index >= 15 is 0 Å². The summed E-state index contributed by atoms with van der Waals surface area (Å²) in [5.41, 5.74) is 2.49. The maximum absolute atomic E-state index is 12.2. The Kier molecular flexibility index (Phi) is 2.77. The molecule has 3 rings (SSSR count). The van der Waals surface area contributed by atoms with Crippen molar-refractivity contribution in [2.75, 3.05) is 6.61 Å². The van der Waals surface area contributed by atoms with Crippen LogP contribution in [0.2, 0.25) is 0 Å². The zero-order valence-corrected chi connectivity index (χ0v) is 12.3.